The van der Waals surface area contributed by atoms with Gasteiger partial charge in [0.05, 0.1) is 12.7 Å². The summed E-state index contributed by atoms with van der Waals surface area (Å²) in [7, 11) is 0. The van der Waals surface area contributed by atoms with Gasteiger partial charge < -0.3 is 20.4 Å². The van der Waals surface area contributed by atoms with Crippen molar-refractivity contribution in [3.8, 4) is 0 Å². The Balaban J connectivity index is 0. The van der Waals surface area contributed by atoms with Crippen molar-refractivity contribution in [1.82, 2.24) is 0 Å². The fraction of sp³-hybridized carbons (Fsp3) is 1.00. The summed E-state index contributed by atoms with van der Waals surface area (Å²) >= 11 is 0. The van der Waals surface area contributed by atoms with E-state index in [-0.39, 0.29) is 31.2 Å². The lowest BCUT2D eigenvalue weighted by atomic mass is 9.82. The molecule has 1 unspecified atom stereocenters. The van der Waals surface area contributed by atoms with Gasteiger partial charge in [-0.2, -0.15) is 0 Å². The highest BCUT2D eigenvalue weighted by Gasteiger charge is 2.28. The van der Waals surface area contributed by atoms with Gasteiger partial charge in [0.25, 0.3) is 0 Å². The maximum absolute atomic E-state index is 9.49. The zero-order chi connectivity index (χ0) is 13.9. The minimum atomic E-state index is -0.419. The molecule has 0 saturated carbocycles. The van der Waals surface area contributed by atoms with Crippen molar-refractivity contribution >= 4 is 0 Å². The topological polar surface area (TPSA) is 80.9 Å². The summed E-state index contributed by atoms with van der Waals surface area (Å²) in [5.41, 5.74) is -0.367. The monoisotopic (exact) mass is 250 g/mol. The summed E-state index contributed by atoms with van der Waals surface area (Å²) in [4.78, 5) is 0. The van der Waals surface area contributed by atoms with Crippen molar-refractivity contribution in [3.05, 3.63) is 0 Å². The molecule has 0 aliphatic heterocycles. The van der Waals surface area contributed by atoms with Crippen LogP contribution in [0.5, 0.6) is 0 Å². The second kappa shape index (κ2) is 11.0. The van der Waals surface area contributed by atoms with E-state index in [1.54, 1.807) is 0 Å². The molecule has 0 bridgehead atoms. The molecule has 1 atom stereocenters. The van der Waals surface area contributed by atoms with E-state index in [0.717, 1.165) is 19.3 Å². The van der Waals surface area contributed by atoms with Crippen LogP contribution in [0, 0.1) is 11.3 Å². The molecule has 0 radical (unpaired) electrons. The predicted molar refractivity (Wildman–Crippen MR) is 69.7 cm³/mol. The summed E-state index contributed by atoms with van der Waals surface area (Å²) in [6.07, 6.45) is 2.16. The van der Waals surface area contributed by atoms with Crippen molar-refractivity contribution in [1.29, 1.82) is 0 Å². The summed E-state index contributed by atoms with van der Waals surface area (Å²) in [5.74, 6) is 0.210. The molecule has 0 amide bonds. The molecular formula is C13H30O4. The molecule has 0 heterocycles. The average Bonchev–Trinajstić information content (AvgIpc) is 2.29. The highest BCUT2D eigenvalue weighted by molar-refractivity contribution is 4.78. The van der Waals surface area contributed by atoms with Crippen LogP contribution in [-0.4, -0.2) is 46.4 Å². The van der Waals surface area contributed by atoms with E-state index < -0.39 is 6.10 Å². The first kappa shape index (κ1) is 19.2. The first-order valence-corrected chi connectivity index (χ1v) is 6.34. The Bertz CT molecular complexity index is 153. The van der Waals surface area contributed by atoms with Gasteiger partial charge in [0, 0.05) is 18.6 Å². The number of aliphatic hydroxyl groups is 4. The van der Waals surface area contributed by atoms with Crippen LogP contribution in [0.4, 0.5) is 0 Å². The zero-order valence-corrected chi connectivity index (χ0v) is 11.7. The van der Waals surface area contributed by atoms with E-state index in [2.05, 4.69) is 0 Å². The van der Waals surface area contributed by atoms with Crippen LogP contribution in [0.3, 0.4) is 0 Å². The van der Waals surface area contributed by atoms with Crippen molar-refractivity contribution in [2.45, 2.75) is 53.1 Å². The molecule has 4 nitrogen and oxygen atoms in total. The minimum Gasteiger partial charge on any atom is -0.396 e. The summed E-state index contributed by atoms with van der Waals surface area (Å²) in [6.45, 7) is 8.14. The number of unbranched alkanes of at least 4 members (excludes halogenated alkanes) is 2. The van der Waals surface area contributed by atoms with E-state index in [0.29, 0.717) is 0 Å². The first-order valence-electron chi connectivity index (χ1n) is 6.34. The molecule has 0 aromatic carbocycles. The van der Waals surface area contributed by atoms with E-state index in [9.17, 15) is 5.11 Å². The zero-order valence-electron chi connectivity index (χ0n) is 11.7. The van der Waals surface area contributed by atoms with Gasteiger partial charge in [-0.25, -0.2) is 0 Å². The Kier molecular flexibility index (Phi) is 12.4. The van der Waals surface area contributed by atoms with Crippen molar-refractivity contribution in [2.24, 2.45) is 11.3 Å². The largest absolute Gasteiger partial charge is 0.396 e. The van der Waals surface area contributed by atoms with Crippen LogP contribution >= 0.6 is 0 Å². The fourth-order valence-electron chi connectivity index (χ4n) is 1.40. The molecular weight excluding hydrogens is 220 g/mol. The van der Waals surface area contributed by atoms with E-state index in [1.807, 2.05) is 27.7 Å². The van der Waals surface area contributed by atoms with Gasteiger partial charge in [-0.3, -0.25) is 0 Å². The second-order valence-corrected chi connectivity index (χ2v) is 5.34. The third-order valence-electron chi connectivity index (χ3n) is 2.66. The van der Waals surface area contributed by atoms with Gasteiger partial charge in [-0.05, 0) is 25.2 Å². The standard InChI is InChI=1S/C8H18O2.C5H12O2/c1-6(2)7(10)8(3,4)5-9;6-4-2-1-3-5-7/h6-7,9-10H,5H2,1-4H3;6-7H,1-5H2. The lowest BCUT2D eigenvalue weighted by molar-refractivity contribution is -0.0204. The van der Waals surface area contributed by atoms with Gasteiger partial charge in [0.2, 0.25) is 0 Å². The Hall–Kier alpha value is -0.160. The lowest BCUT2D eigenvalue weighted by Crippen LogP contribution is -2.36. The average molecular weight is 250 g/mol. The summed E-state index contributed by atoms with van der Waals surface area (Å²) in [5, 5.41) is 34.8. The molecule has 0 rings (SSSR count). The van der Waals surface area contributed by atoms with Crippen molar-refractivity contribution in [3.63, 3.8) is 0 Å². The maximum Gasteiger partial charge on any atom is 0.0635 e. The van der Waals surface area contributed by atoms with Crippen LogP contribution in [0.15, 0.2) is 0 Å². The third-order valence-corrected chi connectivity index (χ3v) is 2.66. The molecule has 106 valence electrons. The highest BCUT2D eigenvalue weighted by atomic mass is 16.3. The van der Waals surface area contributed by atoms with Crippen LogP contribution < -0.4 is 0 Å². The Morgan fingerprint density at radius 3 is 1.47 bits per heavy atom. The number of hydrogen-bond donors (Lipinski definition) is 4. The molecule has 0 aromatic heterocycles. The molecule has 0 aromatic rings. The fourth-order valence-corrected chi connectivity index (χ4v) is 1.40. The number of rotatable bonds is 7. The molecule has 17 heavy (non-hydrogen) atoms. The van der Waals surface area contributed by atoms with Crippen LogP contribution in [0.1, 0.15) is 47.0 Å². The normalized spacial score (nSPS) is 13.2. The lowest BCUT2D eigenvalue weighted by Gasteiger charge is -2.30. The van der Waals surface area contributed by atoms with Crippen LogP contribution in [0.2, 0.25) is 0 Å². The first-order chi connectivity index (χ1) is 7.83. The van der Waals surface area contributed by atoms with Crippen LogP contribution in [0.25, 0.3) is 0 Å². The van der Waals surface area contributed by atoms with Crippen LogP contribution in [-0.2, 0) is 0 Å². The third kappa shape index (κ3) is 10.7. The van der Waals surface area contributed by atoms with Gasteiger partial charge in [-0.15, -0.1) is 0 Å². The molecule has 4 N–H and O–H groups in total. The molecule has 0 fully saturated rings. The van der Waals surface area contributed by atoms with E-state index >= 15 is 0 Å². The van der Waals surface area contributed by atoms with E-state index in [4.69, 9.17) is 15.3 Å². The minimum absolute atomic E-state index is 0.0341. The van der Waals surface area contributed by atoms with Gasteiger partial charge in [0.15, 0.2) is 0 Å². The Morgan fingerprint density at radius 1 is 0.882 bits per heavy atom. The quantitative estimate of drug-likeness (QED) is 0.511. The predicted octanol–water partition coefficient (Wildman–Crippen LogP) is 1.16. The van der Waals surface area contributed by atoms with E-state index in [1.165, 1.54) is 0 Å². The summed E-state index contributed by atoms with van der Waals surface area (Å²) in [6, 6.07) is 0. The maximum atomic E-state index is 9.49. The van der Waals surface area contributed by atoms with Gasteiger partial charge in [-0.1, -0.05) is 27.7 Å². The highest BCUT2D eigenvalue weighted by Crippen LogP contribution is 2.24. The summed E-state index contributed by atoms with van der Waals surface area (Å²) < 4.78 is 0. The second-order valence-electron chi connectivity index (χ2n) is 5.34. The molecule has 0 aliphatic rings. The van der Waals surface area contributed by atoms with Gasteiger partial charge >= 0.3 is 0 Å². The molecule has 0 saturated heterocycles. The van der Waals surface area contributed by atoms with Gasteiger partial charge in [0.1, 0.15) is 0 Å². The van der Waals surface area contributed by atoms with Crippen molar-refractivity contribution in [2.75, 3.05) is 19.8 Å². The SMILES string of the molecule is CC(C)C(O)C(C)(C)CO.OCCCCCO. The number of aliphatic hydroxyl groups excluding tert-OH is 4. The van der Waals surface area contributed by atoms with Crippen molar-refractivity contribution < 1.29 is 20.4 Å². The molecule has 0 aliphatic carbocycles. The Morgan fingerprint density at radius 2 is 1.29 bits per heavy atom. The smallest absolute Gasteiger partial charge is 0.0635 e. The number of hydrogen-bond acceptors (Lipinski definition) is 4. The Labute approximate surface area is 105 Å². The molecule has 4 heteroatoms. The molecule has 0 spiro atoms.